The van der Waals surface area contributed by atoms with E-state index >= 15 is 0 Å². The van der Waals surface area contributed by atoms with E-state index < -0.39 is 23.8 Å². The standard InChI is InChI=1S/C78H122O8S2/c1-15-17-19-21-23-25-27-29-31-35-39-87-53-63-47-55(43-61(69(63)79)45-57-49-65(75(3,4)5)71(81)66(50-57)76(6,7)8)41-59(73(83)84)37-33-34-38-60(74(85)86)42-56-44-62(46-58-51-67(77(9,10)11)72(82)68(52-58)78(12,13)14)70(80)64(48-56)54-88-40-36-32-30-28-26-24-22-20-18-16-2/h43-44,47-52,59-60,79-82H,15-42,45-46,53-54H2,1-14H3,(H,83,84)(H,85,86). The summed E-state index contributed by atoms with van der Waals surface area (Å²) in [5.74, 6) is 1.09. The number of hydrogen-bond donors (Lipinski definition) is 6. The number of benzene rings is 4. The molecule has 2 atom stereocenters. The Morgan fingerprint density at radius 2 is 0.614 bits per heavy atom. The van der Waals surface area contributed by atoms with E-state index in [1.807, 2.05) is 47.8 Å². The SMILES string of the molecule is CCCCCCCCCCCCSCc1cc(CC(CCCCC(Cc2cc(CSCCCCCCCCCCCC)c(O)c(Cc3cc(C(C)(C)C)c(O)c(C(C)(C)C)c3)c2)C(=O)O)C(=O)O)cc(Cc2cc(C(C)(C)C)c(O)c(C(C)(C)C)c2)c1O. The lowest BCUT2D eigenvalue weighted by Crippen LogP contribution is -2.19. The predicted octanol–water partition coefficient (Wildman–Crippen LogP) is 21.9. The van der Waals surface area contributed by atoms with Crippen molar-refractivity contribution in [3.8, 4) is 23.0 Å². The van der Waals surface area contributed by atoms with E-state index in [2.05, 4.69) is 121 Å². The minimum absolute atomic E-state index is 0.245. The third-order valence-corrected chi connectivity index (χ3v) is 20.0. The topological polar surface area (TPSA) is 156 Å². The van der Waals surface area contributed by atoms with Crippen LogP contribution in [0.1, 0.15) is 318 Å². The summed E-state index contributed by atoms with van der Waals surface area (Å²) in [6.45, 7) is 29.7. The van der Waals surface area contributed by atoms with Crippen LogP contribution in [0, 0.1) is 11.8 Å². The van der Waals surface area contributed by atoms with Crippen LogP contribution in [0.4, 0.5) is 0 Å². The van der Waals surface area contributed by atoms with Crippen molar-refractivity contribution < 1.29 is 40.2 Å². The first-order valence-corrected chi connectivity index (χ1v) is 36.8. The normalized spacial score (nSPS) is 13.1. The first kappa shape index (κ1) is 76.2. The van der Waals surface area contributed by atoms with Gasteiger partial charge in [-0.05, 0) is 127 Å². The van der Waals surface area contributed by atoms with Gasteiger partial charge in [0.1, 0.15) is 23.0 Å². The molecule has 8 nitrogen and oxygen atoms in total. The van der Waals surface area contributed by atoms with Gasteiger partial charge >= 0.3 is 11.9 Å². The van der Waals surface area contributed by atoms with Crippen molar-refractivity contribution in [1.29, 1.82) is 0 Å². The van der Waals surface area contributed by atoms with Gasteiger partial charge in [-0.1, -0.05) is 274 Å². The molecule has 0 aliphatic rings. The van der Waals surface area contributed by atoms with Crippen molar-refractivity contribution in [2.45, 2.75) is 310 Å². The van der Waals surface area contributed by atoms with Crippen molar-refractivity contribution in [2.24, 2.45) is 11.8 Å². The maximum atomic E-state index is 13.2. The van der Waals surface area contributed by atoms with Gasteiger partial charge in [-0.25, -0.2) is 0 Å². The van der Waals surface area contributed by atoms with Crippen LogP contribution in [0.25, 0.3) is 0 Å². The number of rotatable bonds is 41. The molecule has 6 N–H and O–H groups in total. The third-order valence-electron chi connectivity index (χ3n) is 17.8. The average molecular weight is 1250 g/mol. The van der Waals surface area contributed by atoms with Crippen molar-refractivity contribution in [3.05, 3.63) is 115 Å². The van der Waals surface area contributed by atoms with Crippen molar-refractivity contribution in [1.82, 2.24) is 0 Å². The molecular formula is C78H122O8S2. The third kappa shape index (κ3) is 26.1. The highest BCUT2D eigenvalue weighted by atomic mass is 32.2. The quantitative estimate of drug-likeness (QED) is 0.0237. The Morgan fingerprint density at radius 3 is 0.875 bits per heavy atom. The molecule has 494 valence electrons. The van der Waals surface area contributed by atoms with Crippen LogP contribution in [-0.4, -0.2) is 54.1 Å². The van der Waals surface area contributed by atoms with E-state index in [-0.39, 0.29) is 46.0 Å². The van der Waals surface area contributed by atoms with E-state index in [0.717, 1.165) is 91.1 Å². The molecule has 0 fully saturated rings. The highest BCUT2D eigenvalue weighted by molar-refractivity contribution is 7.98. The Labute approximate surface area is 544 Å². The number of phenols is 4. The second kappa shape index (κ2) is 37.3. The van der Waals surface area contributed by atoms with E-state index in [1.165, 1.54) is 116 Å². The maximum absolute atomic E-state index is 13.2. The summed E-state index contributed by atoms with van der Waals surface area (Å²) in [6, 6.07) is 16.2. The highest BCUT2D eigenvalue weighted by Crippen LogP contribution is 2.44. The molecule has 0 heterocycles. The van der Waals surface area contributed by atoms with Crippen LogP contribution < -0.4 is 0 Å². The zero-order valence-corrected chi connectivity index (χ0v) is 59.4. The summed E-state index contributed by atoms with van der Waals surface area (Å²) in [4.78, 5) is 26.3. The first-order chi connectivity index (χ1) is 41.5. The number of hydrogen-bond acceptors (Lipinski definition) is 8. The lowest BCUT2D eigenvalue weighted by molar-refractivity contribution is -0.143. The van der Waals surface area contributed by atoms with Crippen molar-refractivity contribution >= 4 is 35.5 Å². The molecule has 10 heteroatoms. The minimum atomic E-state index is -0.891. The molecule has 4 rings (SSSR count). The van der Waals surface area contributed by atoms with Crippen LogP contribution in [0.3, 0.4) is 0 Å². The van der Waals surface area contributed by atoms with Crippen LogP contribution in [0.5, 0.6) is 23.0 Å². The molecule has 0 saturated carbocycles. The number of aliphatic carboxylic acids is 2. The average Bonchev–Trinajstić information content (AvgIpc) is 1.24. The fourth-order valence-corrected chi connectivity index (χ4v) is 14.4. The van der Waals surface area contributed by atoms with Gasteiger partial charge in [-0.2, -0.15) is 23.5 Å². The number of carboxylic acids is 2. The second-order valence-electron chi connectivity index (χ2n) is 30.2. The molecule has 4 aromatic rings. The predicted molar refractivity (Wildman–Crippen MR) is 377 cm³/mol. The summed E-state index contributed by atoms with van der Waals surface area (Å²) in [6.07, 6.45) is 28.7. The molecule has 0 spiro atoms. The van der Waals surface area contributed by atoms with Crippen LogP contribution in [-0.2, 0) is 68.4 Å². The molecule has 0 saturated heterocycles. The lowest BCUT2D eigenvalue weighted by atomic mass is 9.77. The van der Waals surface area contributed by atoms with Crippen LogP contribution in [0.2, 0.25) is 0 Å². The van der Waals surface area contributed by atoms with Gasteiger partial charge in [0, 0.05) is 35.5 Å². The molecule has 0 aliphatic carbocycles. The number of unbranched alkanes of at least 4 members (excludes halogenated alkanes) is 19. The number of thioether (sulfide) groups is 2. The van der Waals surface area contributed by atoms with Crippen LogP contribution >= 0.6 is 23.5 Å². The molecule has 88 heavy (non-hydrogen) atoms. The fraction of sp³-hybridized carbons (Fsp3) is 0.667. The molecule has 0 aromatic heterocycles. The Morgan fingerprint density at radius 1 is 0.352 bits per heavy atom. The molecule has 0 bridgehead atoms. The summed E-state index contributed by atoms with van der Waals surface area (Å²) < 4.78 is 0. The van der Waals surface area contributed by atoms with Crippen molar-refractivity contribution in [3.63, 3.8) is 0 Å². The van der Waals surface area contributed by atoms with Gasteiger partial charge in [-0.3, -0.25) is 9.59 Å². The Kier molecular flexibility index (Phi) is 32.3. The molecule has 0 aliphatic heterocycles. The molecule has 2 unspecified atom stereocenters. The zero-order chi connectivity index (χ0) is 65.2. The summed E-state index contributed by atoms with van der Waals surface area (Å²) in [7, 11) is 0. The lowest BCUT2D eigenvalue weighted by Gasteiger charge is -2.28. The van der Waals surface area contributed by atoms with E-state index in [9.17, 15) is 40.2 Å². The summed E-state index contributed by atoms with van der Waals surface area (Å²) >= 11 is 3.64. The fourth-order valence-electron chi connectivity index (χ4n) is 12.4. The Balaban J connectivity index is 1.55. The van der Waals surface area contributed by atoms with Gasteiger partial charge in [0.05, 0.1) is 11.8 Å². The molecule has 0 amide bonds. The Hall–Kier alpha value is -4.28. The number of aromatic hydroxyl groups is 4. The second-order valence-corrected chi connectivity index (χ2v) is 32.4. The summed E-state index contributed by atoms with van der Waals surface area (Å²) in [5, 5.41) is 68.8. The molecular weight excluding hydrogens is 1130 g/mol. The number of carbonyl (C=O) groups is 2. The zero-order valence-electron chi connectivity index (χ0n) is 57.7. The number of carboxylic acid groups (broad SMARTS) is 2. The highest BCUT2D eigenvalue weighted by Gasteiger charge is 2.30. The summed E-state index contributed by atoms with van der Waals surface area (Å²) in [5.41, 5.74) is 8.89. The van der Waals surface area contributed by atoms with Crippen molar-refractivity contribution in [2.75, 3.05) is 11.5 Å². The molecule has 4 aromatic carbocycles. The molecule has 0 radical (unpaired) electrons. The smallest absolute Gasteiger partial charge is 0.306 e. The van der Waals surface area contributed by atoms with E-state index in [1.54, 1.807) is 0 Å². The minimum Gasteiger partial charge on any atom is -0.507 e. The van der Waals surface area contributed by atoms with Gasteiger partial charge in [0.2, 0.25) is 0 Å². The first-order valence-electron chi connectivity index (χ1n) is 34.5. The van der Waals surface area contributed by atoms with Crippen LogP contribution in [0.15, 0.2) is 48.5 Å². The maximum Gasteiger partial charge on any atom is 0.306 e. The van der Waals surface area contributed by atoms with E-state index in [0.29, 0.717) is 61.5 Å². The monoisotopic (exact) mass is 1250 g/mol. The largest absolute Gasteiger partial charge is 0.507 e. The van der Waals surface area contributed by atoms with Gasteiger partial charge < -0.3 is 30.6 Å². The number of phenolic OH excluding ortho intramolecular Hbond substituents is 4. The van der Waals surface area contributed by atoms with E-state index in [4.69, 9.17) is 0 Å². The van der Waals surface area contributed by atoms with Gasteiger partial charge in [0.15, 0.2) is 0 Å². The van der Waals surface area contributed by atoms with Gasteiger partial charge in [-0.15, -0.1) is 0 Å². The van der Waals surface area contributed by atoms with Gasteiger partial charge in [0.25, 0.3) is 0 Å². The Bertz CT molecular complexity index is 2490.